The Hall–Kier alpha value is -4.91. The lowest BCUT2D eigenvalue weighted by atomic mass is 9.86. The van der Waals surface area contributed by atoms with Crippen molar-refractivity contribution in [3.05, 3.63) is 126 Å². The van der Waals surface area contributed by atoms with Gasteiger partial charge in [0.1, 0.15) is 11.8 Å². The van der Waals surface area contributed by atoms with Crippen LogP contribution in [0.3, 0.4) is 0 Å². The molecule has 1 aliphatic rings. The third kappa shape index (κ3) is 9.55. The van der Waals surface area contributed by atoms with E-state index in [0.717, 1.165) is 29.8 Å². The Morgan fingerprint density at radius 2 is 1.47 bits per heavy atom. The van der Waals surface area contributed by atoms with Gasteiger partial charge in [0.2, 0.25) is 5.91 Å². The fraction of sp³-hybridized carbons (Fsp3) is 0.325. The zero-order valence-electron chi connectivity index (χ0n) is 27.1. The molecule has 1 saturated carbocycles. The van der Waals surface area contributed by atoms with E-state index in [-0.39, 0.29) is 11.7 Å². The summed E-state index contributed by atoms with van der Waals surface area (Å²) in [5.74, 6) is 0.841. The molecule has 0 saturated heterocycles. The first-order chi connectivity index (χ1) is 23.0. The molecule has 4 aromatic rings. The summed E-state index contributed by atoms with van der Waals surface area (Å²) in [7, 11) is 1.36. The summed E-state index contributed by atoms with van der Waals surface area (Å²) in [6.45, 7) is 1.06. The van der Waals surface area contributed by atoms with Gasteiger partial charge in [-0.2, -0.15) is 0 Å². The van der Waals surface area contributed by atoms with E-state index in [1.54, 1.807) is 24.3 Å². The first-order valence-corrected chi connectivity index (χ1v) is 16.6. The van der Waals surface area contributed by atoms with Crippen LogP contribution in [0, 0.1) is 5.92 Å². The van der Waals surface area contributed by atoms with Crippen molar-refractivity contribution in [2.24, 2.45) is 5.92 Å². The number of benzene rings is 4. The number of carbonyl (C=O) groups excluding carboxylic acids is 3. The molecule has 5 rings (SSSR count). The molecule has 0 heterocycles. The molecular weight excluding hydrogens is 588 g/mol. The van der Waals surface area contributed by atoms with Crippen LogP contribution in [-0.2, 0) is 20.7 Å². The maximum Gasteiger partial charge on any atom is 0.328 e. The minimum atomic E-state index is -0.702. The average Bonchev–Trinajstić information content (AvgIpc) is 3.12. The van der Waals surface area contributed by atoms with Gasteiger partial charge in [0.25, 0.3) is 0 Å². The predicted octanol–water partition coefficient (Wildman–Crippen LogP) is 7.89. The van der Waals surface area contributed by atoms with Crippen molar-refractivity contribution >= 4 is 29.0 Å². The standard InChI is InChI=1S/C40H44N2O5/c1-46-40(45)37(41-36-21-12-11-20-35(36)39(44)32-16-7-3-8-17-32)28-31-22-24-34(25-23-31)47-27-13-26-42(33-18-9-4-10-19-33)38(43)29-30-14-5-2-6-15-30/h3-4,7-12,16-25,30,37,41H,2,5-6,13-15,26-29H2,1H3. The maximum absolute atomic E-state index is 13.3. The van der Waals surface area contributed by atoms with Crippen LogP contribution in [0.15, 0.2) is 109 Å². The lowest BCUT2D eigenvalue weighted by Gasteiger charge is -2.27. The highest BCUT2D eigenvalue weighted by atomic mass is 16.5. The third-order valence-corrected chi connectivity index (χ3v) is 8.74. The molecule has 7 nitrogen and oxygen atoms in total. The Balaban J connectivity index is 1.17. The summed E-state index contributed by atoms with van der Waals surface area (Å²) in [6.07, 6.45) is 7.67. The molecule has 1 unspecified atom stereocenters. The first kappa shape index (κ1) is 33.5. The molecule has 0 radical (unpaired) electrons. The predicted molar refractivity (Wildman–Crippen MR) is 186 cm³/mol. The summed E-state index contributed by atoms with van der Waals surface area (Å²) in [5, 5.41) is 3.25. The third-order valence-electron chi connectivity index (χ3n) is 8.74. The second-order valence-corrected chi connectivity index (χ2v) is 12.1. The molecule has 4 aromatic carbocycles. The molecule has 7 heteroatoms. The van der Waals surface area contributed by atoms with Gasteiger partial charge in [-0.25, -0.2) is 4.79 Å². The van der Waals surface area contributed by atoms with E-state index < -0.39 is 12.0 Å². The number of hydrogen-bond donors (Lipinski definition) is 1. The highest BCUT2D eigenvalue weighted by Gasteiger charge is 2.24. The number of hydrogen-bond acceptors (Lipinski definition) is 6. The zero-order chi connectivity index (χ0) is 32.8. The number of para-hydroxylation sites is 2. The second-order valence-electron chi connectivity index (χ2n) is 12.1. The number of nitrogens with zero attached hydrogens (tertiary/aromatic N) is 1. The Kier molecular flexibility index (Phi) is 12.2. The molecule has 0 bridgehead atoms. The number of ether oxygens (including phenoxy) is 2. The van der Waals surface area contributed by atoms with Crippen LogP contribution in [0.4, 0.5) is 11.4 Å². The Morgan fingerprint density at radius 3 is 2.17 bits per heavy atom. The molecule has 1 atom stereocenters. The van der Waals surface area contributed by atoms with Crippen LogP contribution in [0.2, 0.25) is 0 Å². The number of carbonyl (C=O) groups is 3. The van der Waals surface area contributed by atoms with Crippen LogP contribution >= 0.6 is 0 Å². The summed E-state index contributed by atoms with van der Waals surface area (Å²) in [6, 6.07) is 33.1. The SMILES string of the molecule is COC(=O)C(Cc1ccc(OCCCN(C(=O)CC2CCCCC2)c2ccccc2)cc1)Nc1ccccc1C(=O)c1ccccc1. The Labute approximate surface area is 277 Å². The van der Waals surface area contributed by atoms with Gasteiger partial charge in [0.05, 0.1) is 13.7 Å². The van der Waals surface area contributed by atoms with E-state index in [4.69, 9.17) is 9.47 Å². The Morgan fingerprint density at radius 1 is 0.809 bits per heavy atom. The van der Waals surface area contributed by atoms with Gasteiger partial charge in [0.15, 0.2) is 5.78 Å². The average molecular weight is 633 g/mol. The van der Waals surface area contributed by atoms with Gasteiger partial charge in [-0.05, 0) is 67.1 Å². The molecule has 1 amide bonds. The maximum atomic E-state index is 13.3. The summed E-state index contributed by atoms with van der Waals surface area (Å²) < 4.78 is 11.2. The van der Waals surface area contributed by atoms with Gasteiger partial charge in [0, 0.05) is 41.9 Å². The van der Waals surface area contributed by atoms with Crippen molar-refractivity contribution in [2.75, 3.05) is 30.5 Å². The minimum Gasteiger partial charge on any atom is -0.494 e. The van der Waals surface area contributed by atoms with E-state index in [2.05, 4.69) is 5.32 Å². The van der Waals surface area contributed by atoms with E-state index >= 15 is 0 Å². The molecule has 0 aliphatic heterocycles. The highest BCUT2D eigenvalue weighted by Crippen LogP contribution is 2.28. The van der Waals surface area contributed by atoms with Crippen molar-refractivity contribution < 1.29 is 23.9 Å². The van der Waals surface area contributed by atoms with Crippen molar-refractivity contribution in [3.8, 4) is 5.75 Å². The van der Waals surface area contributed by atoms with Crippen LogP contribution in [0.5, 0.6) is 5.75 Å². The Bertz CT molecular complexity index is 1580. The molecule has 0 aromatic heterocycles. The topological polar surface area (TPSA) is 84.9 Å². The molecule has 1 aliphatic carbocycles. The molecule has 47 heavy (non-hydrogen) atoms. The summed E-state index contributed by atoms with van der Waals surface area (Å²) in [5.41, 5.74) is 3.47. The lowest BCUT2D eigenvalue weighted by molar-refractivity contribution is -0.141. The summed E-state index contributed by atoms with van der Waals surface area (Å²) >= 11 is 0. The van der Waals surface area contributed by atoms with E-state index in [0.29, 0.717) is 55.1 Å². The number of esters is 1. The van der Waals surface area contributed by atoms with Crippen molar-refractivity contribution in [3.63, 3.8) is 0 Å². The number of rotatable bonds is 15. The first-order valence-electron chi connectivity index (χ1n) is 16.6. The lowest BCUT2D eigenvalue weighted by Crippen LogP contribution is -2.34. The van der Waals surface area contributed by atoms with Crippen molar-refractivity contribution in [1.82, 2.24) is 0 Å². The molecular formula is C40H44N2O5. The number of ketones is 1. The van der Waals surface area contributed by atoms with Gasteiger partial charge in [-0.1, -0.05) is 92.1 Å². The van der Waals surface area contributed by atoms with E-state index in [9.17, 15) is 14.4 Å². The van der Waals surface area contributed by atoms with Crippen LogP contribution in [0.25, 0.3) is 0 Å². The fourth-order valence-corrected chi connectivity index (χ4v) is 6.20. The van der Waals surface area contributed by atoms with Gasteiger partial charge in [-0.3, -0.25) is 9.59 Å². The van der Waals surface area contributed by atoms with E-state index in [1.807, 2.05) is 89.8 Å². The summed E-state index contributed by atoms with van der Waals surface area (Å²) in [4.78, 5) is 41.3. The van der Waals surface area contributed by atoms with Crippen LogP contribution in [-0.4, -0.2) is 44.0 Å². The van der Waals surface area contributed by atoms with Gasteiger partial charge in [-0.15, -0.1) is 0 Å². The van der Waals surface area contributed by atoms with Gasteiger partial charge < -0.3 is 19.7 Å². The zero-order valence-corrected chi connectivity index (χ0v) is 27.1. The molecule has 1 N–H and O–H groups in total. The van der Waals surface area contributed by atoms with E-state index in [1.165, 1.54) is 26.4 Å². The van der Waals surface area contributed by atoms with Crippen LogP contribution in [0.1, 0.15) is 66.4 Å². The van der Waals surface area contributed by atoms with Crippen molar-refractivity contribution in [2.45, 2.75) is 57.4 Å². The number of methoxy groups -OCH3 is 1. The van der Waals surface area contributed by atoms with Crippen molar-refractivity contribution in [1.29, 1.82) is 0 Å². The highest BCUT2D eigenvalue weighted by molar-refractivity contribution is 6.12. The monoisotopic (exact) mass is 632 g/mol. The van der Waals surface area contributed by atoms with Crippen LogP contribution < -0.4 is 15.0 Å². The number of nitrogens with one attached hydrogen (secondary N) is 1. The molecule has 244 valence electrons. The quantitative estimate of drug-likeness (QED) is 0.0815. The normalized spacial score (nSPS) is 13.7. The van der Waals surface area contributed by atoms with Gasteiger partial charge >= 0.3 is 5.97 Å². The number of amides is 1. The second kappa shape index (κ2) is 17.1. The number of anilines is 2. The fourth-order valence-electron chi connectivity index (χ4n) is 6.20. The minimum absolute atomic E-state index is 0.126. The smallest absolute Gasteiger partial charge is 0.328 e. The molecule has 0 spiro atoms. The largest absolute Gasteiger partial charge is 0.494 e. The molecule has 1 fully saturated rings.